The number of carbonyl (C=O) groups excluding carboxylic acids is 2. The minimum absolute atomic E-state index is 0.165. The average molecular weight is 369 g/mol. The van der Waals surface area contributed by atoms with Gasteiger partial charge in [-0.3, -0.25) is 9.59 Å². The van der Waals surface area contributed by atoms with Gasteiger partial charge in [-0.15, -0.1) is 0 Å². The van der Waals surface area contributed by atoms with Crippen LogP contribution in [0.5, 0.6) is 0 Å². The zero-order valence-electron chi connectivity index (χ0n) is 13.8. The number of hydrogen-bond acceptors (Lipinski definition) is 7. The first kappa shape index (κ1) is 21.9. The summed E-state index contributed by atoms with van der Waals surface area (Å²) in [5.74, 6) is -2.74. The van der Waals surface area contributed by atoms with E-state index in [0.717, 1.165) is 16.1 Å². The maximum Gasteiger partial charge on any atom is 0.346 e. The number of carboxylic acids is 1. The summed E-state index contributed by atoms with van der Waals surface area (Å²) in [7, 11) is -2.42. The van der Waals surface area contributed by atoms with E-state index in [1.807, 2.05) is 0 Å². The largest absolute Gasteiger partial charge is 0.478 e. The molecule has 0 bridgehead atoms. The first-order valence-corrected chi connectivity index (χ1v) is 9.40. The fourth-order valence-electron chi connectivity index (χ4n) is 1.43. The van der Waals surface area contributed by atoms with Crippen molar-refractivity contribution in [1.82, 2.24) is 4.31 Å². The predicted molar refractivity (Wildman–Crippen MR) is 86.5 cm³/mol. The van der Waals surface area contributed by atoms with E-state index in [1.165, 1.54) is 34.7 Å². The second kappa shape index (κ2) is 9.24. The van der Waals surface area contributed by atoms with Gasteiger partial charge < -0.3 is 9.84 Å². The van der Waals surface area contributed by atoms with E-state index < -0.39 is 45.8 Å². The molecule has 0 saturated heterocycles. The predicted octanol–water partition coefficient (Wildman–Crippen LogP) is 0.569. The summed E-state index contributed by atoms with van der Waals surface area (Å²) < 4.78 is 29.6. The van der Waals surface area contributed by atoms with E-state index in [4.69, 9.17) is 9.84 Å². The van der Waals surface area contributed by atoms with Crippen LogP contribution in [0.3, 0.4) is 0 Å². The van der Waals surface area contributed by atoms with Crippen molar-refractivity contribution in [2.75, 3.05) is 19.3 Å². The third kappa shape index (κ3) is 7.32. The van der Waals surface area contributed by atoms with Gasteiger partial charge in [-0.05, 0) is 13.8 Å². The Morgan fingerprint density at radius 2 is 1.74 bits per heavy atom. The maximum atomic E-state index is 11.9. The summed E-state index contributed by atoms with van der Waals surface area (Å²) in [4.78, 5) is 33.9. The van der Waals surface area contributed by atoms with Crippen LogP contribution in [0.4, 0.5) is 0 Å². The van der Waals surface area contributed by atoms with Crippen molar-refractivity contribution in [2.24, 2.45) is 5.92 Å². The Labute approximate surface area is 140 Å². The van der Waals surface area contributed by atoms with E-state index in [-0.39, 0.29) is 10.9 Å². The molecule has 0 rings (SSSR count). The lowest BCUT2D eigenvalue weighted by molar-refractivity contribution is -0.166. The Balaban J connectivity index is 4.85. The van der Waals surface area contributed by atoms with Gasteiger partial charge in [-0.25, -0.2) is 17.5 Å². The van der Waals surface area contributed by atoms with Crippen LogP contribution in [0.1, 0.15) is 27.7 Å². The monoisotopic (exact) mass is 369 g/mol. The molecule has 0 aromatic heterocycles. The lowest BCUT2D eigenvalue weighted by atomic mass is 10.2. The summed E-state index contributed by atoms with van der Waals surface area (Å²) in [6.45, 7) is 5.32. The van der Waals surface area contributed by atoms with Gasteiger partial charge in [0.15, 0.2) is 5.12 Å². The van der Waals surface area contributed by atoms with Crippen molar-refractivity contribution < 1.29 is 32.6 Å². The number of esters is 1. The van der Waals surface area contributed by atoms with Gasteiger partial charge in [-0.2, -0.15) is 0 Å². The average Bonchev–Trinajstić information content (AvgIpc) is 2.42. The third-order valence-corrected chi connectivity index (χ3v) is 6.21. The van der Waals surface area contributed by atoms with Gasteiger partial charge in [0.25, 0.3) is 0 Å². The number of likely N-dealkylation sites (N-methyl/N-ethyl adjacent to an activating group) is 1. The van der Waals surface area contributed by atoms with Crippen LogP contribution < -0.4 is 0 Å². The number of thioether (sulfide) groups is 1. The van der Waals surface area contributed by atoms with Gasteiger partial charge in [0, 0.05) is 19.7 Å². The number of hydrogen-bond donors (Lipinski definition) is 1. The minimum atomic E-state index is -3.65. The molecule has 2 atom stereocenters. The molecule has 10 heteroatoms. The molecule has 1 unspecified atom stereocenters. The van der Waals surface area contributed by atoms with E-state index in [2.05, 4.69) is 0 Å². The number of sulfonamides is 1. The Bertz CT molecular complexity index is 545. The maximum absolute atomic E-state index is 11.9. The zero-order chi connectivity index (χ0) is 18.4. The Hall–Kier alpha value is -1.13. The summed E-state index contributed by atoms with van der Waals surface area (Å²) in [6, 6.07) is 0. The first-order valence-electron chi connectivity index (χ1n) is 6.91. The van der Waals surface area contributed by atoms with Crippen LogP contribution >= 0.6 is 11.8 Å². The second-order valence-corrected chi connectivity index (χ2v) is 9.13. The highest BCUT2D eigenvalue weighted by Gasteiger charge is 2.31. The summed E-state index contributed by atoms with van der Waals surface area (Å²) >= 11 is 0.932. The third-order valence-electron chi connectivity index (χ3n) is 2.93. The molecule has 23 heavy (non-hydrogen) atoms. The van der Waals surface area contributed by atoms with Gasteiger partial charge in [0.05, 0.1) is 17.7 Å². The van der Waals surface area contributed by atoms with Crippen molar-refractivity contribution in [3.8, 4) is 0 Å². The molecule has 0 radical (unpaired) electrons. The summed E-state index contributed by atoms with van der Waals surface area (Å²) in [6.07, 6.45) is -1.61. The number of ether oxygens (including phenoxy) is 1. The zero-order valence-corrected chi connectivity index (χ0v) is 15.4. The SMILES string of the molecule is CC(=O)SC[C@@H](C)C(=O)OC(CN(C)S(=O)(=O)C(C)C)C(=O)O. The Morgan fingerprint density at radius 3 is 2.13 bits per heavy atom. The minimum Gasteiger partial charge on any atom is -0.478 e. The van der Waals surface area contributed by atoms with Gasteiger partial charge in [-0.1, -0.05) is 18.7 Å². The standard InChI is InChI=1S/C13H23NO7S2/c1-8(2)23(19,20)14(5)6-11(12(16)17)21-13(18)9(3)7-22-10(4)15/h8-9,11H,6-7H2,1-5H3,(H,16,17)/t9-,11?/m1/s1. The number of carboxylic acid groups (broad SMARTS) is 1. The highest BCUT2D eigenvalue weighted by atomic mass is 32.2. The molecule has 8 nitrogen and oxygen atoms in total. The lowest BCUT2D eigenvalue weighted by Crippen LogP contribution is -2.43. The lowest BCUT2D eigenvalue weighted by Gasteiger charge is -2.24. The molecule has 0 heterocycles. The number of rotatable bonds is 9. The molecule has 0 amide bonds. The molecule has 0 aliphatic heterocycles. The topological polar surface area (TPSA) is 118 Å². The van der Waals surface area contributed by atoms with Crippen LogP contribution in [0.25, 0.3) is 0 Å². The Morgan fingerprint density at radius 1 is 1.22 bits per heavy atom. The molecule has 0 spiro atoms. The van der Waals surface area contributed by atoms with Crippen LogP contribution in [0.2, 0.25) is 0 Å². The number of carbonyl (C=O) groups is 3. The van der Waals surface area contributed by atoms with Gasteiger partial charge in [0.1, 0.15) is 0 Å². The summed E-state index contributed by atoms with van der Waals surface area (Å²) in [5.41, 5.74) is 0. The first-order chi connectivity index (χ1) is 10.4. The smallest absolute Gasteiger partial charge is 0.346 e. The quantitative estimate of drug-likeness (QED) is 0.586. The fourth-order valence-corrected chi connectivity index (χ4v) is 3.11. The van der Waals surface area contributed by atoms with Crippen LogP contribution in [0.15, 0.2) is 0 Å². The van der Waals surface area contributed by atoms with Crippen molar-refractivity contribution in [2.45, 2.75) is 39.0 Å². The molecule has 0 aromatic rings. The van der Waals surface area contributed by atoms with E-state index in [9.17, 15) is 22.8 Å². The van der Waals surface area contributed by atoms with Crippen molar-refractivity contribution in [3.05, 3.63) is 0 Å². The van der Waals surface area contributed by atoms with Crippen LogP contribution in [-0.4, -0.2) is 65.6 Å². The van der Waals surface area contributed by atoms with Gasteiger partial charge in [0.2, 0.25) is 16.1 Å². The van der Waals surface area contributed by atoms with E-state index in [0.29, 0.717) is 0 Å². The van der Waals surface area contributed by atoms with Gasteiger partial charge >= 0.3 is 11.9 Å². The summed E-state index contributed by atoms with van der Waals surface area (Å²) in [5, 5.41) is 8.23. The normalized spacial score (nSPS) is 14.6. The molecule has 0 aromatic carbocycles. The van der Waals surface area contributed by atoms with Crippen molar-refractivity contribution in [3.63, 3.8) is 0 Å². The number of nitrogens with zero attached hydrogens (tertiary/aromatic N) is 1. The van der Waals surface area contributed by atoms with Crippen LogP contribution in [0, 0.1) is 5.92 Å². The molecular formula is C13H23NO7S2. The molecule has 134 valence electrons. The van der Waals surface area contributed by atoms with E-state index >= 15 is 0 Å². The molecule has 0 aliphatic rings. The Kier molecular flexibility index (Phi) is 8.78. The molecule has 0 fully saturated rings. The fraction of sp³-hybridized carbons (Fsp3) is 0.769. The van der Waals surface area contributed by atoms with E-state index in [1.54, 1.807) is 0 Å². The molecule has 1 N–H and O–H groups in total. The van der Waals surface area contributed by atoms with Crippen molar-refractivity contribution in [1.29, 1.82) is 0 Å². The van der Waals surface area contributed by atoms with Crippen molar-refractivity contribution >= 4 is 38.8 Å². The second-order valence-electron chi connectivity index (χ2n) is 5.34. The molecule has 0 saturated carbocycles. The molecule has 0 aliphatic carbocycles. The van der Waals surface area contributed by atoms with Crippen LogP contribution in [-0.2, 0) is 29.1 Å². The highest BCUT2D eigenvalue weighted by Crippen LogP contribution is 2.13. The highest BCUT2D eigenvalue weighted by molar-refractivity contribution is 8.13. The molecular weight excluding hydrogens is 346 g/mol. The number of aliphatic carboxylic acids is 1.